The van der Waals surface area contributed by atoms with E-state index in [9.17, 15) is 15.2 Å². The molecule has 0 amide bonds. The minimum atomic E-state index is -0.970. The Morgan fingerprint density at radius 1 is 1.19 bits per heavy atom. The fraction of sp³-hybridized carbons (Fsp3) is 0.100. The van der Waals surface area contributed by atoms with Crippen LogP contribution < -0.4 is 10.1 Å². The molecule has 3 rings (SSSR count). The SMILES string of the molecule is COc1cc([N+](=O)[O-])ccc1NC(O)/C=C/c1ccc(-c2ccccc2)s1. The number of hydrogen-bond donors (Lipinski definition) is 2. The van der Waals surface area contributed by atoms with Gasteiger partial charge in [-0.05, 0) is 35.9 Å². The lowest BCUT2D eigenvalue weighted by molar-refractivity contribution is -0.384. The Labute approximate surface area is 160 Å². The standard InChI is InChI=1S/C20H18N2O4S/c1-26-18-13-15(22(24)25)7-10-17(18)21-20(23)12-9-16-8-11-19(27-16)14-5-3-2-4-6-14/h2-13,20-21,23H,1H3/b12-9+. The maximum Gasteiger partial charge on any atom is 0.273 e. The average Bonchev–Trinajstić information content (AvgIpc) is 3.16. The van der Waals surface area contributed by atoms with Gasteiger partial charge in [0.1, 0.15) is 12.0 Å². The molecule has 0 radical (unpaired) electrons. The summed E-state index contributed by atoms with van der Waals surface area (Å²) in [7, 11) is 1.42. The molecule has 1 aromatic heterocycles. The summed E-state index contributed by atoms with van der Waals surface area (Å²) in [5, 5.41) is 23.9. The van der Waals surface area contributed by atoms with E-state index in [0.29, 0.717) is 11.4 Å². The molecule has 0 aliphatic rings. The number of anilines is 1. The van der Waals surface area contributed by atoms with Crippen molar-refractivity contribution in [2.45, 2.75) is 6.23 Å². The largest absolute Gasteiger partial charge is 0.494 e. The Morgan fingerprint density at radius 3 is 2.67 bits per heavy atom. The highest BCUT2D eigenvalue weighted by atomic mass is 32.1. The molecule has 0 fully saturated rings. The first kappa shape index (κ1) is 18.6. The van der Waals surface area contributed by atoms with Gasteiger partial charge in [-0.3, -0.25) is 10.1 Å². The van der Waals surface area contributed by atoms with Gasteiger partial charge in [0.15, 0.2) is 0 Å². The fourth-order valence-electron chi connectivity index (χ4n) is 2.51. The van der Waals surface area contributed by atoms with E-state index in [2.05, 4.69) is 17.4 Å². The number of nitro benzene ring substituents is 1. The second kappa shape index (κ2) is 8.48. The van der Waals surface area contributed by atoms with E-state index in [1.165, 1.54) is 25.3 Å². The van der Waals surface area contributed by atoms with Crippen molar-refractivity contribution >= 4 is 28.8 Å². The Bertz CT molecular complexity index is 954. The van der Waals surface area contributed by atoms with Crippen LogP contribution in [0.1, 0.15) is 4.88 Å². The first-order valence-corrected chi connectivity index (χ1v) is 8.99. The summed E-state index contributed by atoms with van der Waals surface area (Å²) >= 11 is 1.62. The number of aliphatic hydroxyl groups is 1. The summed E-state index contributed by atoms with van der Waals surface area (Å²) < 4.78 is 5.15. The van der Waals surface area contributed by atoms with Crippen LogP contribution in [0.2, 0.25) is 0 Å². The Kier molecular flexibility index (Phi) is 5.85. The summed E-state index contributed by atoms with van der Waals surface area (Å²) in [4.78, 5) is 12.5. The van der Waals surface area contributed by atoms with Crippen molar-refractivity contribution in [1.29, 1.82) is 0 Å². The van der Waals surface area contributed by atoms with Crippen LogP contribution in [0.5, 0.6) is 5.75 Å². The fourth-order valence-corrected chi connectivity index (χ4v) is 3.43. The molecule has 0 saturated heterocycles. The van der Waals surface area contributed by atoms with E-state index < -0.39 is 11.2 Å². The van der Waals surface area contributed by atoms with Gasteiger partial charge in [0.05, 0.1) is 23.8 Å². The van der Waals surface area contributed by atoms with E-state index in [0.717, 1.165) is 15.3 Å². The third-order valence-corrected chi connectivity index (χ3v) is 4.93. The number of aliphatic hydroxyl groups excluding tert-OH is 1. The number of nitrogens with one attached hydrogen (secondary N) is 1. The number of nitrogens with zero attached hydrogens (tertiary/aromatic N) is 1. The molecular formula is C20H18N2O4S. The Hall–Kier alpha value is -3.16. The molecule has 138 valence electrons. The highest BCUT2D eigenvalue weighted by molar-refractivity contribution is 7.16. The van der Waals surface area contributed by atoms with Gasteiger partial charge in [-0.2, -0.15) is 0 Å². The number of non-ortho nitro benzene ring substituents is 1. The Morgan fingerprint density at radius 2 is 1.96 bits per heavy atom. The van der Waals surface area contributed by atoms with Crippen molar-refractivity contribution in [3.8, 4) is 16.2 Å². The molecule has 7 heteroatoms. The zero-order valence-corrected chi connectivity index (χ0v) is 15.3. The van der Waals surface area contributed by atoms with Gasteiger partial charge >= 0.3 is 0 Å². The number of methoxy groups -OCH3 is 1. The van der Waals surface area contributed by atoms with Crippen LogP contribution in [0.3, 0.4) is 0 Å². The quantitative estimate of drug-likeness (QED) is 0.349. The van der Waals surface area contributed by atoms with Crippen LogP contribution in [-0.2, 0) is 0 Å². The van der Waals surface area contributed by atoms with E-state index in [-0.39, 0.29) is 5.69 Å². The van der Waals surface area contributed by atoms with Crippen LogP contribution in [0, 0.1) is 10.1 Å². The van der Waals surface area contributed by atoms with Gasteiger partial charge in [0.25, 0.3) is 5.69 Å². The molecule has 6 nitrogen and oxygen atoms in total. The lowest BCUT2D eigenvalue weighted by atomic mass is 10.2. The van der Waals surface area contributed by atoms with Gasteiger partial charge in [0, 0.05) is 15.8 Å². The third-order valence-electron chi connectivity index (χ3n) is 3.83. The molecule has 3 aromatic rings. The normalized spacial score (nSPS) is 12.1. The maximum atomic E-state index is 10.8. The molecule has 0 aliphatic heterocycles. The monoisotopic (exact) mass is 382 g/mol. The van der Waals surface area contributed by atoms with E-state index >= 15 is 0 Å². The van der Waals surface area contributed by atoms with Crippen LogP contribution >= 0.6 is 11.3 Å². The molecule has 27 heavy (non-hydrogen) atoms. The summed E-state index contributed by atoms with van der Waals surface area (Å²) in [6.07, 6.45) is 2.47. The zero-order valence-electron chi connectivity index (χ0n) is 14.5. The first-order valence-electron chi connectivity index (χ1n) is 8.17. The van der Waals surface area contributed by atoms with Crippen LogP contribution in [0.4, 0.5) is 11.4 Å². The van der Waals surface area contributed by atoms with Gasteiger partial charge in [-0.25, -0.2) is 0 Å². The van der Waals surface area contributed by atoms with Gasteiger partial charge in [0.2, 0.25) is 0 Å². The molecule has 2 N–H and O–H groups in total. The van der Waals surface area contributed by atoms with Gasteiger partial charge in [-0.15, -0.1) is 11.3 Å². The van der Waals surface area contributed by atoms with Crippen molar-refractivity contribution in [3.63, 3.8) is 0 Å². The number of benzene rings is 2. The molecule has 1 atom stereocenters. The molecule has 1 unspecified atom stereocenters. The van der Waals surface area contributed by atoms with E-state index in [1.807, 2.05) is 36.4 Å². The highest BCUT2D eigenvalue weighted by Gasteiger charge is 2.12. The van der Waals surface area contributed by atoms with Gasteiger partial charge < -0.3 is 15.2 Å². The smallest absolute Gasteiger partial charge is 0.273 e. The van der Waals surface area contributed by atoms with Crippen LogP contribution in [0.15, 0.2) is 66.7 Å². The number of nitro groups is 1. The van der Waals surface area contributed by atoms with Gasteiger partial charge in [-0.1, -0.05) is 30.3 Å². The maximum absolute atomic E-state index is 10.8. The molecule has 0 saturated carbocycles. The summed E-state index contributed by atoms with van der Waals surface area (Å²) in [6.45, 7) is 0. The van der Waals surface area contributed by atoms with Crippen LogP contribution in [0.25, 0.3) is 16.5 Å². The third kappa shape index (κ3) is 4.72. The summed E-state index contributed by atoms with van der Waals surface area (Å²) in [5.41, 5.74) is 1.54. The topological polar surface area (TPSA) is 84.6 Å². The zero-order chi connectivity index (χ0) is 19.2. The van der Waals surface area contributed by atoms with Crippen molar-refractivity contribution in [2.75, 3.05) is 12.4 Å². The lowest BCUT2D eigenvalue weighted by Crippen LogP contribution is -2.15. The number of rotatable bonds is 7. The van der Waals surface area contributed by atoms with Crippen LogP contribution in [-0.4, -0.2) is 23.4 Å². The van der Waals surface area contributed by atoms with E-state index in [1.54, 1.807) is 17.4 Å². The second-order valence-corrected chi connectivity index (χ2v) is 6.77. The second-order valence-electron chi connectivity index (χ2n) is 5.66. The summed E-state index contributed by atoms with van der Waals surface area (Å²) in [6, 6.07) is 18.3. The summed E-state index contributed by atoms with van der Waals surface area (Å²) in [5.74, 6) is 0.291. The highest BCUT2D eigenvalue weighted by Crippen LogP contribution is 2.30. The molecule has 0 aliphatic carbocycles. The van der Waals surface area contributed by atoms with Crippen molar-refractivity contribution in [1.82, 2.24) is 0 Å². The first-order chi connectivity index (χ1) is 13.1. The average molecular weight is 382 g/mol. The minimum absolute atomic E-state index is 0.0746. The molecule has 0 spiro atoms. The minimum Gasteiger partial charge on any atom is -0.494 e. The van der Waals surface area contributed by atoms with E-state index in [4.69, 9.17) is 4.74 Å². The molecular weight excluding hydrogens is 364 g/mol. The Balaban J connectivity index is 1.68. The lowest BCUT2D eigenvalue weighted by Gasteiger charge is -2.13. The molecule has 0 bridgehead atoms. The number of ether oxygens (including phenoxy) is 1. The molecule has 1 heterocycles. The number of thiophene rings is 1. The predicted molar refractivity (Wildman–Crippen MR) is 108 cm³/mol. The predicted octanol–water partition coefficient (Wildman–Crippen LogP) is 4.78. The van der Waals surface area contributed by atoms with Crippen molar-refractivity contribution < 1.29 is 14.8 Å². The number of hydrogen-bond acceptors (Lipinski definition) is 6. The van der Waals surface area contributed by atoms with Crippen molar-refractivity contribution in [2.24, 2.45) is 0 Å². The van der Waals surface area contributed by atoms with Crippen molar-refractivity contribution in [3.05, 3.63) is 81.7 Å². The molecule has 2 aromatic carbocycles.